The van der Waals surface area contributed by atoms with E-state index in [1.807, 2.05) is 0 Å². The van der Waals surface area contributed by atoms with Crippen LogP contribution in [0.3, 0.4) is 0 Å². The van der Waals surface area contributed by atoms with Crippen molar-refractivity contribution in [2.75, 3.05) is 13.2 Å². The lowest BCUT2D eigenvalue weighted by atomic mass is 10.1. The molecule has 0 radical (unpaired) electrons. The van der Waals surface area contributed by atoms with Gasteiger partial charge in [0.25, 0.3) is 0 Å². The Bertz CT molecular complexity index is 619. The first kappa shape index (κ1) is 35.6. The lowest BCUT2D eigenvalue weighted by Crippen LogP contribution is -2.25. The van der Waals surface area contributed by atoms with Crippen molar-refractivity contribution in [1.82, 2.24) is 0 Å². The molecule has 0 spiro atoms. The van der Waals surface area contributed by atoms with Crippen molar-refractivity contribution in [3.05, 3.63) is 12.2 Å². The van der Waals surface area contributed by atoms with Crippen molar-refractivity contribution < 1.29 is 28.9 Å². The van der Waals surface area contributed by atoms with Gasteiger partial charge in [0.05, 0.1) is 12.2 Å². The molecule has 3 atom stereocenters. The minimum atomic E-state index is -0.965. The third-order valence-electron chi connectivity index (χ3n) is 7.42. The summed E-state index contributed by atoms with van der Waals surface area (Å²) in [4.78, 5) is 23.7. The quantitative estimate of drug-likeness (QED) is 0.0454. The van der Waals surface area contributed by atoms with E-state index in [9.17, 15) is 14.7 Å². The summed E-state index contributed by atoms with van der Waals surface area (Å²) < 4.78 is 16.0. The first-order chi connectivity index (χ1) is 19.1. The Morgan fingerprint density at radius 3 is 1.72 bits per heavy atom. The van der Waals surface area contributed by atoms with Crippen LogP contribution in [0.15, 0.2) is 12.2 Å². The van der Waals surface area contributed by atoms with Gasteiger partial charge in [-0.2, -0.15) is 0 Å². The van der Waals surface area contributed by atoms with Crippen LogP contribution in [0.1, 0.15) is 155 Å². The van der Waals surface area contributed by atoms with E-state index in [0.29, 0.717) is 25.0 Å². The van der Waals surface area contributed by atoms with Gasteiger partial charge in [-0.25, -0.2) is 0 Å². The van der Waals surface area contributed by atoms with Gasteiger partial charge in [0.2, 0.25) is 0 Å². The molecule has 0 aromatic heterocycles. The Labute approximate surface area is 239 Å². The largest absolute Gasteiger partial charge is 0.463 e. The van der Waals surface area contributed by atoms with Gasteiger partial charge in [-0.15, -0.1) is 0 Å². The molecule has 228 valence electrons. The van der Waals surface area contributed by atoms with Gasteiger partial charge < -0.3 is 19.3 Å². The van der Waals surface area contributed by atoms with Crippen LogP contribution in [-0.4, -0.2) is 48.6 Å². The molecule has 1 saturated heterocycles. The molecule has 2 unspecified atom stereocenters. The molecule has 1 heterocycles. The maximum atomic E-state index is 11.9. The van der Waals surface area contributed by atoms with Crippen molar-refractivity contribution in [3.8, 4) is 0 Å². The number of carbonyl (C=O) groups excluding carboxylic acids is 2. The van der Waals surface area contributed by atoms with Gasteiger partial charge >= 0.3 is 11.9 Å². The topological polar surface area (TPSA) is 85.4 Å². The normalized spacial score (nSPS) is 17.4. The average molecular weight is 553 g/mol. The summed E-state index contributed by atoms with van der Waals surface area (Å²) in [6.07, 6.45) is 28.6. The number of ether oxygens (including phenoxy) is 3. The highest BCUT2D eigenvalue weighted by Gasteiger charge is 2.36. The van der Waals surface area contributed by atoms with Crippen molar-refractivity contribution in [2.24, 2.45) is 0 Å². The zero-order valence-electron chi connectivity index (χ0n) is 25.3. The molecule has 0 aromatic rings. The van der Waals surface area contributed by atoms with Gasteiger partial charge in [0.15, 0.2) is 0 Å². The smallest absolute Gasteiger partial charge is 0.305 e. The van der Waals surface area contributed by atoms with Gasteiger partial charge in [0, 0.05) is 12.8 Å². The second kappa shape index (κ2) is 25.6. The molecule has 1 rings (SSSR count). The van der Waals surface area contributed by atoms with Gasteiger partial charge in [0.1, 0.15) is 19.3 Å². The highest BCUT2D eigenvalue weighted by atomic mass is 16.6. The standard InChI is InChI=1S/C33H60O6/c1-3-5-7-8-9-10-14-17-21-25-32(35)37-27-29(34)28-38-33(36)26-22-18-15-12-11-13-16-20-24-31-30(39-31)23-19-6-4-2/h16,20,29-31,34H,3-15,17-19,21-28H2,1-2H3/b20-16-/t29-,30?,31?/m0/s1. The number of unbranched alkanes of at least 4 members (excludes halogenated alkanes) is 15. The Morgan fingerprint density at radius 1 is 0.667 bits per heavy atom. The van der Waals surface area contributed by atoms with Gasteiger partial charge in [-0.3, -0.25) is 9.59 Å². The van der Waals surface area contributed by atoms with E-state index in [0.717, 1.165) is 51.4 Å². The lowest BCUT2D eigenvalue weighted by Gasteiger charge is -2.12. The molecule has 0 saturated carbocycles. The molecule has 1 fully saturated rings. The number of aliphatic hydroxyl groups is 1. The summed E-state index contributed by atoms with van der Waals surface area (Å²) in [5.74, 6) is -0.588. The van der Waals surface area contributed by atoms with E-state index < -0.39 is 6.10 Å². The van der Waals surface area contributed by atoms with Gasteiger partial charge in [-0.1, -0.05) is 116 Å². The minimum Gasteiger partial charge on any atom is -0.463 e. The summed E-state index contributed by atoms with van der Waals surface area (Å²) in [6.45, 7) is 4.22. The molecule has 0 aromatic carbocycles. The fourth-order valence-electron chi connectivity index (χ4n) is 4.80. The lowest BCUT2D eigenvalue weighted by molar-refractivity contribution is -0.152. The van der Waals surface area contributed by atoms with Crippen LogP contribution >= 0.6 is 0 Å². The zero-order valence-corrected chi connectivity index (χ0v) is 25.3. The van der Waals surface area contributed by atoms with Crippen molar-refractivity contribution in [2.45, 2.75) is 173 Å². The van der Waals surface area contributed by atoms with Gasteiger partial charge in [-0.05, 0) is 38.5 Å². The Balaban J connectivity index is 1.84. The van der Waals surface area contributed by atoms with Crippen molar-refractivity contribution in [1.29, 1.82) is 0 Å². The highest BCUT2D eigenvalue weighted by molar-refractivity contribution is 5.69. The van der Waals surface area contributed by atoms with E-state index in [2.05, 4.69) is 26.0 Å². The number of esters is 2. The molecule has 6 heteroatoms. The number of rotatable bonds is 28. The number of hydrogen-bond acceptors (Lipinski definition) is 6. The monoisotopic (exact) mass is 552 g/mol. The zero-order chi connectivity index (χ0) is 28.4. The fourth-order valence-corrected chi connectivity index (χ4v) is 4.80. The molecule has 1 N–H and O–H groups in total. The number of hydrogen-bond donors (Lipinski definition) is 1. The molecule has 0 aliphatic carbocycles. The maximum absolute atomic E-state index is 11.9. The minimum absolute atomic E-state index is 0.120. The molecule has 39 heavy (non-hydrogen) atoms. The van der Waals surface area contributed by atoms with E-state index in [1.165, 1.54) is 77.0 Å². The molecule has 6 nitrogen and oxygen atoms in total. The molecule has 1 aliphatic heterocycles. The molecule has 0 bridgehead atoms. The van der Waals surface area contributed by atoms with Crippen LogP contribution in [0.2, 0.25) is 0 Å². The van der Waals surface area contributed by atoms with Crippen molar-refractivity contribution >= 4 is 11.9 Å². The highest BCUT2D eigenvalue weighted by Crippen LogP contribution is 2.30. The average Bonchev–Trinajstić information content (AvgIpc) is 3.68. The first-order valence-electron chi connectivity index (χ1n) is 16.4. The number of aliphatic hydroxyl groups excluding tert-OH is 1. The summed E-state index contributed by atoms with van der Waals surface area (Å²) in [7, 11) is 0. The van der Waals surface area contributed by atoms with E-state index in [-0.39, 0.29) is 25.2 Å². The van der Waals surface area contributed by atoms with E-state index in [4.69, 9.17) is 14.2 Å². The number of carbonyl (C=O) groups is 2. The molecule has 1 aliphatic rings. The molecule has 0 amide bonds. The predicted octanol–water partition coefficient (Wildman–Crippen LogP) is 8.38. The third-order valence-corrected chi connectivity index (χ3v) is 7.42. The van der Waals surface area contributed by atoms with Crippen LogP contribution in [0, 0.1) is 0 Å². The number of epoxide rings is 1. The first-order valence-corrected chi connectivity index (χ1v) is 16.4. The van der Waals surface area contributed by atoms with Crippen LogP contribution in [-0.2, 0) is 23.8 Å². The van der Waals surface area contributed by atoms with E-state index >= 15 is 0 Å². The summed E-state index contributed by atoms with van der Waals surface area (Å²) in [5, 5.41) is 9.93. The predicted molar refractivity (Wildman–Crippen MR) is 159 cm³/mol. The van der Waals surface area contributed by atoms with Crippen LogP contribution in [0.25, 0.3) is 0 Å². The second-order valence-corrected chi connectivity index (χ2v) is 11.3. The van der Waals surface area contributed by atoms with E-state index in [1.54, 1.807) is 0 Å². The second-order valence-electron chi connectivity index (χ2n) is 11.3. The van der Waals surface area contributed by atoms with Crippen molar-refractivity contribution in [3.63, 3.8) is 0 Å². The summed E-state index contributed by atoms with van der Waals surface area (Å²) in [6, 6.07) is 0. The SMILES string of the molecule is CCCCCCCCCCCC(=O)OC[C@H](O)COC(=O)CCCCCCC/C=C\CC1OC1CCCCC. The number of allylic oxidation sites excluding steroid dienone is 1. The maximum Gasteiger partial charge on any atom is 0.305 e. The fraction of sp³-hybridized carbons (Fsp3) is 0.879. The van der Waals surface area contributed by atoms with Crippen LogP contribution in [0.5, 0.6) is 0 Å². The summed E-state index contributed by atoms with van der Waals surface area (Å²) >= 11 is 0. The Kier molecular flexibility index (Phi) is 23.3. The van der Waals surface area contributed by atoms with Crippen LogP contribution < -0.4 is 0 Å². The molecular weight excluding hydrogens is 492 g/mol. The van der Waals surface area contributed by atoms with Crippen LogP contribution in [0.4, 0.5) is 0 Å². The summed E-state index contributed by atoms with van der Waals surface area (Å²) in [5.41, 5.74) is 0. The Morgan fingerprint density at radius 2 is 1.15 bits per heavy atom. The Hall–Kier alpha value is -1.40. The molecular formula is C33H60O6. The third kappa shape index (κ3) is 23.0.